The Morgan fingerprint density at radius 1 is 0.960 bits per heavy atom. The lowest BCUT2D eigenvalue weighted by molar-refractivity contribution is -0.318. The molecule has 20 nitrogen and oxygen atoms in total. The zero-order valence-electron chi connectivity index (χ0n) is 46.3. The summed E-state index contributed by atoms with van der Waals surface area (Å²) in [5.41, 5.74) is 4.35. The molecule has 0 aliphatic carbocycles. The van der Waals surface area contributed by atoms with Crippen LogP contribution in [0.1, 0.15) is 112 Å². The van der Waals surface area contributed by atoms with Crippen LogP contribution in [-0.2, 0) is 46.1 Å². The number of benzene rings is 1. The predicted molar refractivity (Wildman–Crippen MR) is 277 cm³/mol. The predicted octanol–water partition coefficient (Wildman–Crippen LogP) is 3.90. The van der Waals surface area contributed by atoms with E-state index in [9.17, 15) is 34.7 Å². The molecule has 1 aromatic carbocycles. The number of carbonyl (C=O) groups excluding carboxylic acids is 1. The summed E-state index contributed by atoms with van der Waals surface area (Å²) in [5.74, 6) is -2.67. The van der Waals surface area contributed by atoms with Crippen molar-refractivity contribution in [1.29, 1.82) is 0 Å². The highest BCUT2D eigenvalue weighted by Gasteiger charge is 2.53. The molecule has 6 rings (SSSR count). The first kappa shape index (κ1) is 60.4. The van der Waals surface area contributed by atoms with Crippen molar-refractivity contribution in [3.63, 3.8) is 0 Å². The average Bonchev–Trinajstić information content (AvgIpc) is 3.85. The molecular formula is C54H87FN8O12. The molecular weight excluding hydrogens is 972 g/mol. The molecule has 0 unspecified atom stereocenters. The van der Waals surface area contributed by atoms with Gasteiger partial charge in [-0.2, -0.15) is 0 Å². The van der Waals surface area contributed by atoms with Gasteiger partial charge in [0.1, 0.15) is 36.7 Å². The molecule has 0 bridgehead atoms. The SMILES string of the molecule is CC[C@H]1OC(=O)[C@H](C)[C@@H](O[C@H]2C[C@@](C)(OC)[C@@H](O)[C@H](C)O2)[C@H](C)[C@@H](O[C@@H]2O[C@H](C)C[C@H](N(C)CCc3cn([C@H](CF)Cc4ccc(-c5cnc(N)nc5)cc4)nn3)[C@H]2O)[C@](C)(O)C[C@@H](C)CN(C)[C@H](C)[C@@H](O)[C@]1(C)O. The number of hydrogen-bond donors (Lipinski definition) is 6. The molecule has 0 radical (unpaired) electrons. The summed E-state index contributed by atoms with van der Waals surface area (Å²) >= 11 is 0. The van der Waals surface area contributed by atoms with Crippen molar-refractivity contribution in [2.24, 2.45) is 17.8 Å². The van der Waals surface area contributed by atoms with Crippen molar-refractivity contribution >= 4 is 11.9 Å². The number of methoxy groups -OCH3 is 1. The third-order valence-corrected chi connectivity index (χ3v) is 16.4. The number of aliphatic hydroxyl groups is 5. The van der Waals surface area contributed by atoms with E-state index in [4.69, 9.17) is 34.2 Å². The molecule has 19 atom stereocenters. The molecule has 3 aliphatic heterocycles. The number of nitrogens with two attached hydrogens (primary N) is 1. The summed E-state index contributed by atoms with van der Waals surface area (Å²) in [6.07, 6.45) is -3.52. The molecule has 422 valence electrons. The zero-order chi connectivity index (χ0) is 55.3. The van der Waals surface area contributed by atoms with Crippen LogP contribution >= 0.6 is 0 Å². The number of likely N-dealkylation sites (N-methyl/N-ethyl adjacent to an activating group) is 2. The second-order valence-corrected chi connectivity index (χ2v) is 22.7. The second-order valence-electron chi connectivity index (χ2n) is 22.7. The third kappa shape index (κ3) is 14.3. The van der Waals surface area contributed by atoms with E-state index in [1.165, 1.54) is 14.0 Å². The Morgan fingerprint density at radius 3 is 2.25 bits per heavy atom. The molecule has 5 heterocycles. The first-order chi connectivity index (χ1) is 35.2. The molecule has 0 saturated carbocycles. The number of ether oxygens (including phenoxy) is 6. The molecule has 0 spiro atoms. The fraction of sp³-hybridized carbons (Fsp3) is 0.759. The van der Waals surface area contributed by atoms with Crippen molar-refractivity contribution in [1.82, 2.24) is 34.8 Å². The third-order valence-electron chi connectivity index (χ3n) is 16.4. The molecule has 7 N–H and O–H groups in total. The lowest BCUT2D eigenvalue weighted by atomic mass is 9.77. The number of hydrogen-bond acceptors (Lipinski definition) is 19. The molecule has 2 aromatic heterocycles. The van der Waals surface area contributed by atoms with Gasteiger partial charge in [-0.15, -0.1) is 5.10 Å². The van der Waals surface area contributed by atoms with Gasteiger partial charge in [0, 0.05) is 75.2 Å². The Hall–Kier alpha value is -3.84. The van der Waals surface area contributed by atoms with Crippen LogP contribution in [0.15, 0.2) is 42.9 Å². The smallest absolute Gasteiger partial charge is 0.311 e. The first-order valence-corrected chi connectivity index (χ1v) is 26.6. The van der Waals surface area contributed by atoms with Crippen molar-refractivity contribution < 1.29 is 63.1 Å². The summed E-state index contributed by atoms with van der Waals surface area (Å²) in [6.45, 7) is 17.6. The van der Waals surface area contributed by atoms with E-state index in [2.05, 4.69) is 20.3 Å². The number of anilines is 1. The number of aliphatic hydroxyl groups excluding tert-OH is 3. The highest BCUT2D eigenvalue weighted by Crippen LogP contribution is 2.40. The Kier molecular flexibility index (Phi) is 20.4. The van der Waals surface area contributed by atoms with Crippen LogP contribution < -0.4 is 5.73 Å². The van der Waals surface area contributed by atoms with E-state index < -0.39 is 121 Å². The largest absolute Gasteiger partial charge is 0.459 e. The molecule has 3 aliphatic rings. The maximum absolute atomic E-state index is 14.6. The minimum Gasteiger partial charge on any atom is -0.459 e. The van der Waals surface area contributed by atoms with Crippen LogP contribution in [0, 0.1) is 17.8 Å². The number of alkyl halides is 1. The van der Waals surface area contributed by atoms with E-state index in [0.717, 1.165) is 16.7 Å². The topological polar surface area (TPSA) is 263 Å². The van der Waals surface area contributed by atoms with Gasteiger partial charge in [0.25, 0.3) is 0 Å². The van der Waals surface area contributed by atoms with Crippen molar-refractivity contribution in [2.45, 2.75) is 204 Å². The highest BCUT2D eigenvalue weighted by atomic mass is 19.1. The molecule has 3 fully saturated rings. The first-order valence-electron chi connectivity index (χ1n) is 26.6. The maximum Gasteiger partial charge on any atom is 0.311 e. The number of nitrogens with zero attached hydrogens (tertiary/aromatic N) is 7. The Morgan fingerprint density at radius 2 is 1.63 bits per heavy atom. The Labute approximate surface area is 442 Å². The van der Waals surface area contributed by atoms with Gasteiger partial charge >= 0.3 is 5.97 Å². The van der Waals surface area contributed by atoms with Crippen LogP contribution in [0.2, 0.25) is 0 Å². The zero-order valence-corrected chi connectivity index (χ0v) is 46.3. The number of halogens is 1. The summed E-state index contributed by atoms with van der Waals surface area (Å²) in [5, 5.41) is 68.5. The van der Waals surface area contributed by atoms with Crippen molar-refractivity contribution in [2.75, 3.05) is 46.7 Å². The monoisotopic (exact) mass is 1060 g/mol. The minimum atomic E-state index is -1.85. The number of aromatic nitrogens is 5. The summed E-state index contributed by atoms with van der Waals surface area (Å²) in [7, 11) is 5.22. The number of cyclic esters (lactones) is 1. The van der Waals surface area contributed by atoms with Gasteiger partial charge in [0.05, 0.1) is 53.3 Å². The second kappa shape index (κ2) is 25.3. The average molecular weight is 1060 g/mol. The van der Waals surface area contributed by atoms with Gasteiger partial charge in [0.15, 0.2) is 12.6 Å². The highest BCUT2D eigenvalue weighted by molar-refractivity contribution is 5.73. The van der Waals surface area contributed by atoms with E-state index in [1.807, 2.05) is 62.0 Å². The summed E-state index contributed by atoms with van der Waals surface area (Å²) < 4.78 is 54.4. The van der Waals surface area contributed by atoms with Gasteiger partial charge in [-0.25, -0.2) is 19.0 Å². The van der Waals surface area contributed by atoms with Gasteiger partial charge < -0.3 is 69.5 Å². The van der Waals surface area contributed by atoms with E-state index in [1.54, 1.807) is 71.7 Å². The van der Waals surface area contributed by atoms with Gasteiger partial charge in [-0.3, -0.25) is 4.79 Å². The lowest BCUT2D eigenvalue weighted by Gasteiger charge is -2.49. The molecule has 3 saturated heterocycles. The van der Waals surface area contributed by atoms with Crippen LogP contribution in [0.5, 0.6) is 0 Å². The standard InChI is InChI=1S/C54H87FN8O12/c1-14-42-54(10,69)46(65)34(6)62(12)28-30(2)23-52(8,68)48(32(4)45(33(5)49(67)73-42)74-43-24-53(9,70-13)47(66)35(7)72-43)75-50-44(64)41(21-31(3)71-50)61(11)20-19-39-29-63(60-59-39)40(25-55)22-36-15-17-37(18-16-36)38-26-57-51(56)58-27-38/h15-18,26-27,29-35,40-48,50,64-66,68-69H,14,19-25,28H2,1-13H3,(H2,56,57,58)/t30-,31-,32+,33-,34-,35+,40+,41+,42-,43+,44-,45+,46-,47+,48-,50+,52-,53-,54-/m1/s1. The van der Waals surface area contributed by atoms with Crippen LogP contribution in [0.25, 0.3) is 11.1 Å². The maximum atomic E-state index is 14.6. The number of nitrogen functional groups attached to an aromatic ring is 1. The van der Waals surface area contributed by atoms with E-state index in [0.29, 0.717) is 38.0 Å². The molecule has 3 aromatic rings. The van der Waals surface area contributed by atoms with Crippen molar-refractivity contribution in [3.05, 3.63) is 54.1 Å². The Bertz CT molecular complexity index is 2260. The van der Waals surface area contributed by atoms with Gasteiger partial charge in [-0.05, 0) is 105 Å². The van der Waals surface area contributed by atoms with E-state index >= 15 is 0 Å². The van der Waals surface area contributed by atoms with E-state index in [-0.39, 0.29) is 31.1 Å². The Balaban J connectivity index is 1.23. The molecule has 0 amide bonds. The number of rotatable bonds is 15. The summed E-state index contributed by atoms with van der Waals surface area (Å²) in [6, 6.07) is 6.09. The van der Waals surface area contributed by atoms with Crippen LogP contribution in [-0.4, -0.2) is 198 Å². The fourth-order valence-corrected chi connectivity index (χ4v) is 11.5. The van der Waals surface area contributed by atoms with Crippen molar-refractivity contribution in [3.8, 4) is 11.1 Å². The van der Waals surface area contributed by atoms with Crippen LogP contribution in [0.3, 0.4) is 0 Å². The number of esters is 1. The fourth-order valence-electron chi connectivity index (χ4n) is 11.5. The minimum absolute atomic E-state index is 0.0855. The number of carbonyl (C=O) groups is 1. The molecule has 75 heavy (non-hydrogen) atoms. The summed E-state index contributed by atoms with van der Waals surface area (Å²) in [4.78, 5) is 26.6. The molecule has 21 heteroatoms. The quantitative estimate of drug-likeness (QED) is 0.118. The lowest BCUT2D eigenvalue weighted by Crippen LogP contribution is -2.61. The van der Waals surface area contributed by atoms with Crippen LogP contribution in [0.4, 0.5) is 10.3 Å². The van der Waals surface area contributed by atoms with Gasteiger partial charge in [-0.1, -0.05) is 50.3 Å². The normalized spacial score (nSPS) is 38.4. The van der Waals surface area contributed by atoms with Gasteiger partial charge in [0.2, 0.25) is 5.95 Å².